The standard InChI is InChI=1S/C10H12N2O4/c1-6-2-7(4-11-3-6)9(14)12-8(5-13)10(15)16/h2-4,8,13H,5H2,1H3,(H,12,14)(H,15,16)/t8-/m1/s1. The summed E-state index contributed by atoms with van der Waals surface area (Å²) in [6, 6.07) is 0.284. The average molecular weight is 224 g/mol. The Morgan fingerprint density at radius 1 is 1.50 bits per heavy atom. The maximum Gasteiger partial charge on any atom is 0.328 e. The summed E-state index contributed by atoms with van der Waals surface area (Å²) in [5.74, 6) is -1.85. The Hall–Kier alpha value is -1.95. The predicted octanol–water partition coefficient (Wildman–Crippen LogP) is -0.435. The second-order valence-corrected chi connectivity index (χ2v) is 3.30. The van der Waals surface area contributed by atoms with Gasteiger partial charge < -0.3 is 15.5 Å². The molecular weight excluding hydrogens is 212 g/mol. The van der Waals surface area contributed by atoms with Crippen molar-refractivity contribution in [3.05, 3.63) is 29.6 Å². The van der Waals surface area contributed by atoms with Crippen LogP contribution in [0.5, 0.6) is 0 Å². The van der Waals surface area contributed by atoms with Gasteiger partial charge in [0.25, 0.3) is 5.91 Å². The van der Waals surface area contributed by atoms with E-state index in [1.165, 1.54) is 6.20 Å². The zero-order valence-electron chi connectivity index (χ0n) is 8.67. The van der Waals surface area contributed by atoms with Crippen molar-refractivity contribution < 1.29 is 19.8 Å². The molecule has 0 bridgehead atoms. The zero-order chi connectivity index (χ0) is 12.1. The Labute approximate surface area is 91.9 Å². The van der Waals surface area contributed by atoms with Crippen molar-refractivity contribution in [2.75, 3.05) is 6.61 Å². The van der Waals surface area contributed by atoms with Crippen molar-refractivity contribution in [3.8, 4) is 0 Å². The molecule has 6 heteroatoms. The highest BCUT2D eigenvalue weighted by molar-refractivity contribution is 5.96. The van der Waals surface area contributed by atoms with Gasteiger partial charge in [-0.2, -0.15) is 0 Å². The van der Waals surface area contributed by atoms with E-state index in [1.807, 2.05) is 0 Å². The topological polar surface area (TPSA) is 99.5 Å². The van der Waals surface area contributed by atoms with Crippen molar-refractivity contribution in [1.82, 2.24) is 10.3 Å². The third-order valence-corrected chi connectivity index (χ3v) is 1.92. The number of nitrogens with zero attached hydrogens (tertiary/aromatic N) is 1. The smallest absolute Gasteiger partial charge is 0.328 e. The number of rotatable bonds is 4. The number of aliphatic hydroxyl groups excluding tert-OH is 1. The van der Waals surface area contributed by atoms with Gasteiger partial charge in [-0.05, 0) is 18.6 Å². The average Bonchev–Trinajstić information content (AvgIpc) is 2.25. The molecule has 86 valence electrons. The molecule has 1 aromatic rings. The van der Waals surface area contributed by atoms with E-state index in [1.54, 1.807) is 19.2 Å². The summed E-state index contributed by atoms with van der Waals surface area (Å²) >= 11 is 0. The molecule has 0 aliphatic carbocycles. The Balaban J connectivity index is 2.75. The van der Waals surface area contributed by atoms with E-state index < -0.39 is 24.5 Å². The molecule has 1 atom stereocenters. The summed E-state index contributed by atoms with van der Waals surface area (Å²) < 4.78 is 0. The molecule has 16 heavy (non-hydrogen) atoms. The summed E-state index contributed by atoms with van der Waals surface area (Å²) in [6.45, 7) is 1.12. The van der Waals surface area contributed by atoms with E-state index in [9.17, 15) is 9.59 Å². The third kappa shape index (κ3) is 3.03. The van der Waals surface area contributed by atoms with Crippen LogP contribution in [0.15, 0.2) is 18.5 Å². The van der Waals surface area contributed by atoms with E-state index in [0.717, 1.165) is 5.56 Å². The lowest BCUT2D eigenvalue weighted by atomic mass is 10.2. The van der Waals surface area contributed by atoms with Crippen LogP contribution in [-0.2, 0) is 4.79 Å². The molecule has 1 heterocycles. The minimum atomic E-state index is -1.30. The lowest BCUT2D eigenvalue weighted by molar-refractivity contribution is -0.140. The summed E-state index contributed by atoms with van der Waals surface area (Å²) in [5, 5.41) is 19.6. The quantitative estimate of drug-likeness (QED) is 0.644. The molecular formula is C10H12N2O4. The molecule has 1 amide bonds. The van der Waals surface area contributed by atoms with Crippen LogP contribution < -0.4 is 5.32 Å². The predicted molar refractivity (Wildman–Crippen MR) is 54.9 cm³/mol. The number of aromatic nitrogens is 1. The van der Waals surface area contributed by atoms with Crippen molar-refractivity contribution in [2.24, 2.45) is 0 Å². The molecule has 0 saturated heterocycles. The van der Waals surface area contributed by atoms with Crippen LogP contribution in [-0.4, -0.2) is 39.7 Å². The number of aryl methyl sites for hydroxylation is 1. The van der Waals surface area contributed by atoms with Crippen molar-refractivity contribution in [1.29, 1.82) is 0 Å². The number of carbonyl (C=O) groups excluding carboxylic acids is 1. The first-order chi connectivity index (χ1) is 7.54. The molecule has 1 aromatic heterocycles. The normalized spacial score (nSPS) is 11.9. The first-order valence-corrected chi connectivity index (χ1v) is 4.60. The van der Waals surface area contributed by atoms with Gasteiger partial charge in [0.2, 0.25) is 0 Å². The van der Waals surface area contributed by atoms with E-state index in [2.05, 4.69) is 10.3 Å². The number of carboxylic acid groups (broad SMARTS) is 1. The van der Waals surface area contributed by atoms with Crippen LogP contribution in [0.2, 0.25) is 0 Å². The first kappa shape index (κ1) is 12.1. The van der Waals surface area contributed by atoms with Gasteiger partial charge in [-0.1, -0.05) is 0 Å². The number of hydrogen-bond acceptors (Lipinski definition) is 4. The number of nitrogens with one attached hydrogen (secondary N) is 1. The van der Waals surface area contributed by atoms with Crippen molar-refractivity contribution in [2.45, 2.75) is 13.0 Å². The number of aliphatic carboxylic acids is 1. The van der Waals surface area contributed by atoms with E-state index in [-0.39, 0.29) is 5.56 Å². The van der Waals surface area contributed by atoms with Gasteiger partial charge in [-0.15, -0.1) is 0 Å². The van der Waals surface area contributed by atoms with E-state index >= 15 is 0 Å². The molecule has 0 unspecified atom stereocenters. The number of carbonyl (C=O) groups is 2. The summed E-state index contributed by atoms with van der Waals surface area (Å²) in [4.78, 5) is 25.9. The highest BCUT2D eigenvalue weighted by Gasteiger charge is 2.19. The molecule has 0 radical (unpaired) electrons. The SMILES string of the molecule is Cc1cncc(C(=O)N[C@H](CO)C(=O)O)c1. The Kier molecular flexibility index (Phi) is 3.96. The van der Waals surface area contributed by atoms with Gasteiger partial charge in [0.15, 0.2) is 6.04 Å². The molecule has 0 aliphatic heterocycles. The molecule has 3 N–H and O–H groups in total. The number of carboxylic acids is 1. The minimum absolute atomic E-state index is 0.264. The number of aliphatic hydroxyl groups is 1. The lowest BCUT2D eigenvalue weighted by Gasteiger charge is -2.11. The van der Waals surface area contributed by atoms with Crippen LogP contribution in [0.1, 0.15) is 15.9 Å². The summed E-state index contributed by atoms with van der Waals surface area (Å²) in [7, 11) is 0. The van der Waals surface area contributed by atoms with Crippen LogP contribution in [0.3, 0.4) is 0 Å². The van der Waals surface area contributed by atoms with Gasteiger partial charge in [0, 0.05) is 12.4 Å². The van der Waals surface area contributed by atoms with Crippen LogP contribution in [0.4, 0.5) is 0 Å². The molecule has 0 aliphatic rings. The molecule has 0 aromatic carbocycles. The van der Waals surface area contributed by atoms with E-state index in [4.69, 9.17) is 10.2 Å². The van der Waals surface area contributed by atoms with E-state index in [0.29, 0.717) is 0 Å². The van der Waals surface area contributed by atoms with Gasteiger partial charge in [0.05, 0.1) is 12.2 Å². The third-order valence-electron chi connectivity index (χ3n) is 1.92. The van der Waals surface area contributed by atoms with Gasteiger partial charge in [0.1, 0.15) is 0 Å². The second kappa shape index (κ2) is 5.22. The van der Waals surface area contributed by atoms with Gasteiger partial charge in [-0.25, -0.2) is 4.79 Å². The van der Waals surface area contributed by atoms with Crippen LogP contribution in [0.25, 0.3) is 0 Å². The number of pyridine rings is 1. The fourth-order valence-corrected chi connectivity index (χ4v) is 1.11. The molecule has 0 spiro atoms. The van der Waals surface area contributed by atoms with Crippen molar-refractivity contribution in [3.63, 3.8) is 0 Å². The number of amides is 1. The van der Waals surface area contributed by atoms with Crippen LogP contribution >= 0.6 is 0 Å². The number of hydrogen-bond donors (Lipinski definition) is 3. The highest BCUT2D eigenvalue weighted by Crippen LogP contribution is 2.01. The fraction of sp³-hybridized carbons (Fsp3) is 0.300. The Morgan fingerprint density at radius 2 is 2.19 bits per heavy atom. The lowest BCUT2D eigenvalue weighted by Crippen LogP contribution is -2.43. The minimum Gasteiger partial charge on any atom is -0.480 e. The highest BCUT2D eigenvalue weighted by atomic mass is 16.4. The molecule has 0 fully saturated rings. The maximum atomic E-state index is 11.5. The second-order valence-electron chi connectivity index (χ2n) is 3.30. The summed E-state index contributed by atoms with van der Waals surface area (Å²) in [6.07, 6.45) is 2.91. The molecule has 1 rings (SSSR count). The Bertz CT molecular complexity index is 406. The Morgan fingerprint density at radius 3 is 2.69 bits per heavy atom. The first-order valence-electron chi connectivity index (χ1n) is 4.60. The molecule has 6 nitrogen and oxygen atoms in total. The maximum absolute atomic E-state index is 11.5. The van der Waals surface area contributed by atoms with Crippen LogP contribution in [0, 0.1) is 6.92 Å². The zero-order valence-corrected chi connectivity index (χ0v) is 8.67. The monoisotopic (exact) mass is 224 g/mol. The van der Waals surface area contributed by atoms with Crippen molar-refractivity contribution >= 4 is 11.9 Å². The fourth-order valence-electron chi connectivity index (χ4n) is 1.11. The van der Waals surface area contributed by atoms with Gasteiger partial charge in [-0.3, -0.25) is 9.78 Å². The summed E-state index contributed by atoms with van der Waals surface area (Å²) in [5.41, 5.74) is 1.06. The largest absolute Gasteiger partial charge is 0.480 e. The molecule has 0 saturated carbocycles. The van der Waals surface area contributed by atoms with Gasteiger partial charge >= 0.3 is 5.97 Å².